The Balaban J connectivity index is 2.66. The zero-order chi connectivity index (χ0) is 14.3. The summed E-state index contributed by atoms with van der Waals surface area (Å²) < 4.78 is 0. The molecule has 6 heteroatoms. The zero-order valence-corrected chi connectivity index (χ0v) is 12.8. The lowest BCUT2D eigenvalue weighted by Gasteiger charge is -2.17. The Kier molecular flexibility index (Phi) is 6.62. The molecule has 0 aromatic carbocycles. The third-order valence-corrected chi connectivity index (χ3v) is 4.04. The van der Waals surface area contributed by atoms with Crippen LogP contribution in [0.4, 0.5) is 10.9 Å². The molecule has 1 aromatic heterocycles. The monoisotopic (exact) mass is 284 g/mol. The Morgan fingerprint density at radius 3 is 2.63 bits per heavy atom. The smallest absolute Gasteiger partial charge is 0.265 e. The van der Waals surface area contributed by atoms with Gasteiger partial charge in [-0.3, -0.25) is 4.79 Å². The van der Waals surface area contributed by atoms with Crippen molar-refractivity contribution in [1.29, 1.82) is 0 Å². The van der Waals surface area contributed by atoms with Crippen LogP contribution >= 0.6 is 11.3 Å². The fraction of sp³-hybridized carbons (Fsp3) is 0.692. The number of nitrogens with one attached hydrogen (secondary N) is 2. The van der Waals surface area contributed by atoms with E-state index in [1.54, 1.807) is 7.05 Å². The van der Waals surface area contributed by atoms with Crippen LogP contribution in [0.5, 0.6) is 0 Å². The van der Waals surface area contributed by atoms with Gasteiger partial charge in [-0.25, -0.2) is 4.98 Å². The van der Waals surface area contributed by atoms with Crippen molar-refractivity contribution >= 4 is 28.2 Å². The average Bonchev–Trinajstić information content (AvgIpc) is 2.77. The molecule has 0 bridgehead atoms. The molecule has 0 aliphatic rings. The Hall–Kier alpha value is -1.30. The van der Waals surface area contributed by atoms with Gasteiger partial charge in [-0.2, -0.15) is 0 Å². The van der Waals surface area contributed by atoms with Gasteiger partial charge in [0.1, 0.15) is 10.7 Å². The summed E-state index contributed by atoms with van der Waals surface area (Å²) >= 11 is 1.29. The highest BCUT2D eigenvalue weighted by atomic mass is 32.1. The van der Waals surface area contributed by atoms with E-state index in [4.69, 9.17) is 5.73 Å². The second-order valence-corrected chi connectivity index (χ2v) is 5.58. The van der Waals surface area contributed by atoms with Gasteiger partial charge in [0, 0.05) is 13.1 Å². The Bertz CT molecular complexity index is 405. The van der Waals surface area contributed by atoms with Gasteiger partial charge < -0.3 is 16.4 Å². The van der Waals surface area contributed by atoms with Gasteiger partial charge in [-0.1, -0.05) is 44.4 Å². The molecule has 1 heterocycles. The van der Waals surface area contributed by atoms with Crippen LogP contribution in [0.15, 0.2) is 0 Å². The first kappa shape index (κ1) is 15.8. The lowest BCUT2D eigenvalue weighted by Crippen LogP contribution is -2.34. The lowest BCUT2D eigenvalue weighted by molar-refractivity contribution is 0.0937. The first-order chi connectivity index (χ1) is 9.12. The van der Waals surface area contributed by atoms with Gasteiger partial charge in [0.25, 0.3) is 5.91 Å². The SMILES string of the molecule is CCCCC(CCC)NC(=O)c1sc(NC)nc1N. The van der Waals surface area contributed by atoms with Crippen LogP contribution in [-0.2, 0) is 0 Å². The molecule has 1 atom stereocenters. The van der Waals surface area contributed by atoms with Crippen molar-refractivity contribution < 1.29 is 4.79 Å². The Morgan fingerprint density at radius 2 is 2.11 bits per heavy atom. The number of thiazole rings is 1. The van der Waals surface area contributed by atoms with Crippen molar-refractivity contribution in [2.45, 2.75) is 52.0 Å². The minimum absolute atomic E-state index is 0.106. The summed E-state index contributed by atoms with van der Waals surface area (Å²) in [6, 6.07) is 0.233. The quantitative estimate of drug-likeness (QED) is 0.685. The third-order valence-electron chi connectivity index (χ3n) is 2.95. The van der Waals surface area contributed by atoms with E-state index in [-0.39, 0.29) is 11.9 Å². The summed E-state index contributed by atoms with van der Waals surface area (Å²) in [5, 5.41) is 6.64. The van der Waals surface area contributed by atoms with Gasteiger partial charge in [-0.15, -0.1) is 0 Å². The number of unbranched alkanes of at least 4 members (excludes halogenated alkanes) is 1. The fourth-order valence-electron chi connectivity index (χ4n) is 1.94. The molecule has 19 heavy (non-hydrogen) atoms. The van der Waals surface area contributed by atoms with Crippen molar-refractivity contribution in [2.24, 2.45) is 0 Å². The summed E-state index contributed by atoms with van der Waals surface area (Å²) in [7, 11) is 1.76. The molecule has 4 N–H and O–H groups in total. The molecule has 0 aliphatic carbocycles. The molecular formula is C13H24N4OS. The fourth-order valence-corrected chi connectivity index (χ4v) is 2.68. The Morgan fingerprint density at radius 1 is 1.37 bits per heavy atom. The molecule has 108 valence electrons. The predicted octanol–water partition coefficient (Wildman–Crippen LogP) is 2.86. The molecule has 1 aromatic rings. The maximum atomic E-state index is 12.2. The molecule has 1 rings (SSSR count). The predicted molar refractivity (Wildman–Crippen MR) is 81.8 cm³/mol. The van der Waals surface area contributed by atoms with Crippen LogP contribution in [0.25, 0.3) is 0 Å². The molecule has 0 aliphatic heterocycles. The van der Waals surface area contributed by atoms with Gasteiger partial charge in [0.05, 0.1) is 0 Å². The number of nitrogen functional groups attached to an aromatic ring is 1. The number of aromatic nitrogens is 1. The third kappa shape index (κ3) is 4.70. The maximum Gasteiger partial charge on any atom is 0.265 e. The molecule has 1 amide bonds. The first-order valence-corrected chi connectivity index (χ1v) is 7.68. The van der Waals surface area contributed by atoms with E-state index in [0.717, 1.165) is 32.1 Å². The number of carbonyl (C=O) groups excluding carboxylic acids is 1. The van der Waals surface area contributed by atoms with Crippen LogP contribution in [-0.4, -0.2) is 24.0 Å². The van der Waals surface area contributed by atoms with Gasteiger partial charge in [0.2, 0.25) is 0 Å². The highest BCUT2D eigenvalue weighted by molar-refractivity contribution is 7.18. The van der Waals surface area contributed by atoms with Crippen LogP contribution < -0.4 is 16.4 Å². The minimum atomic E-state index is -0.106. The maximum absolute atomic E-state index is 12.2. The summed E-state index contributed by atoms with van der Waals surface area (Å²) in [5.74, 6) is 0.198. The minimum Gasteiger partial charge on any atom is -0.382 e. The second-order valence-electron chi connectivity index (χ2n) is 4.58. The molecule has 5 nitrogen and oxygen atoms in total. The van der Waals surface area contributed by atoms with Crippen molar-refractivity contribution in [3.05, 3.63) is 4.88 Å². The van der Waals surface area contributed by atoms with Crippen LogP contribution in [0, 0.1) is 0 Å². The number of carbonyl (C=O) groups is 1. The summed E-state index contributed by atoms with van der Waals surface area (Å²) in [6.07, 6.45) is 5.36. The number of anilines is 2. The standard InChI is InChI=1S/C13H24N4OS/c1-4-6-8-9(7-5-2)16-12(18)10-11(14)17-13(15-3)19-10/h9H,4-8,14H2,1-3H3,(H,15,17)(H,16,18). The van der Waals surface area contributed by atoms with Crippen LogP contribution in [0.2, 0.25) is 0 Å². The highest BCUT2D eigenvalue weighted by Crippen LogP contribution is 2.24. The van der Waals surface area contributed by atoms with Gasteiger partial charge >= 0.3 is 0 Å². The Labute approximate surface area is 119 Å². The molecule has 0 fully saturated rings. The molecule has 0 saturated heterocycles. The summed E-state index contributed by atoms with van der Waals surface area (Å²) in [4.78, 5) is 16.8. The van der Waals surface area contributed by atoms with E-state index in [1.165, 1.54) is 11.3 Å². The summed E-state index contributed by atoms with van der Waals surface area (Å²) in [5.41, 5.74) is 5.77. The van der Waals surface area contributed by atoms with Gasteiger partial charge in [0.15, 0.2) is 5.13 Å². The van der Waals surface area contributed by atoms with Crippen LogP contribution in [0.1, 0.15) is 55.6 Å². The number of rotatable bonds is 8. The van der Waals surface area contributed by atoms with Crippen LogP contribution in [0.3, 0.4) is 0 Å². The van der Waals surface area contributed by atoms with Crippen molar-refractivity contribution in [1.82, 2.24) is 10.3 Å². The zero-order valence-electron chi connectivity index (χ0n) is 12.0. The number of hydrogen-bond acceptors (Lipinski definition) is 5. The molecule has 0 radical (unpaired) electrons. The number of nitrogens with two attached hydrogens (primary N) is 1. The van der Waals surface area contributed by atoms with E-state index in [1.807, 2.05) is 0 Å². The van der Waals surface area contributed by atoms with Gasteiger partial charge in [-0.05, 0) is 12.8 Å². The normalized spacial score (nSPS) is 12.2. The molecular weight excluding hydrogens is 260 g/mol. The van der Waals surface area contributed by atoms with Crippen molar-refractivity contribution in [2.75, 3.05) is 18.1 Å². The second kappa shape index (κ2) is 7.99. The van der Waals surface area contributed by atoms with E-state index in [2.05, 4.69) is 29.5 Å². The molecule has 0 spiro atoms. The van der Waals surface area contributed by atoms with E-state index in [0.29, 0.717) is 15.8 Å². The van der Waals surface area contributed by atoms with E-state index >= 15 is 0 Å². The number of amides is 1. The number of nitrogens with zero attached hydrogens (tertiary/aromatic N) is 1. The average molecular weight is 284 g/mol. The van der Waals surface area contributed by atoms with E-state index < -0.39 is 0 Å². The topological polar surface area (TPSA) is 80.0 Å². The number of hydrogen-bond donors (Lipinski definition) is 3. The highest BCUT2D eigenvalue weighted by Gasteiger charge is 2.18. The van der Waals surface area contributed by atoms with E-state index in [9.17, 15) is 4.79 Å². The molecule has 0 saturated carbocycles. The molecule has 1 unspecified atom stereocenters. The lowest BCUT2D eigenvalue weighted by atomic mass is 10.1. The summed E-state index contributed by atoms with van der Waals surface area (Å²) in [6.45, 7) is 4.29. The van der Waals surface area contributed by atoms with Crippen molar-refractivity contribution in [3.63, 3.8) is 0 Å². The first-order valence-electron chi connectivity index (χ1n) is 6.87. The van der Waals surface area contributed by atoms with Crippen molar-refractivity contribution in [3.8, 4) is 0 Å². The largest absolute Gasteiger partial charge is 0.382 e.